The monoisotopic (exact) mass is 281 g/mol. The third kappa shape index (κ3) is 12800. The topological polar surface area (TPSA) is 199 Å². The second kappa shape index (κ2) is 23.0. The zero-order valence-electron chi connectivity index (χ0n) is 6.72. The maximum absolute atomic E-state index is 8.25. The molecule has 0 spiro atoms. The maximum atomic E-state index is 8.25. The average molecular weight is 281 g/mol. The summed E-state index contributed by atoms with van der Waals surface area (Å²) in [6, 6.07) is 0. The average Bonchev–Trinajstić information content (AvgIpc) is 1.54. The number of rotatable bonds is 0. The molecular weight excluding hydrogens is 281 g/mol. The van der Waals surface area contributed by atoms with E-state index in [1.165, 1.54) is 0 Å². The predicted octanol–water partition coefficient (Wildman–Crippen LogP) is -4.09. The SMILES string of the molecule is O=[N+]([O-])[O-].O=[N+]([O-])[O-].O=[N+]([O-])[O-].[Li+].[Sr+2]. The van der Waals surface area contributed by atoms with Gasteiger partial charge >= 0.3 is 64.3 Å². The van der Waals surface area contributed by atoms with E-state index in [-0.39, 0.29) is 64.3 Å². The van der Waals surface area contributed by atoms with Crippen molar-refractivity contribution in [3.63, 3.8) is 0 Å². The Hall–Kier alpha value is -0.322. The number of hydrogen-bond acceptors (Lipinski definition) is 9. The molecule has 0 radical (unpaired) electrons. The first kappa shape index (κ1) is 29.2. The van der Waals surface area contributed by atoms with Crippen molar-refractivity contribution in [3.8, 4) is 0 Å². The molecule has 0 amide bonds. The molecule has 14 heavy (non-hydrogen) atoms. The van der Waals surface area contributed by atoms with Crippen LogP contribution >= 0.6 is 0 Å². The van der Waals surface area contributed by atoms with E-state index >= 15 is 0 Å². The first-order valence-electron chi connectivity index (χ1n) is 1.64. The van der Waals surface area contributed by atoms with Gasteiger partial charge in [-0.1, -0.05) is 0 Å². The molecule has 0 aromatic carbocycles. The molecule has 0 N–H and O–H groups in total. The molecule has 0 atom stereocenters. The van der Waals surface area contributed by atoms with E-state index in [2.05, 4.69) is 0 Å². The molecule has 14 heteroatoms. The van der Waals surface area contributed by atoms with Crippen molar-refractivity contribution >= 4 is 45.5 Å². The van der Waals surface area contributed by atoms with Gasteiger partial charge in [0.15, 0.2) is 0 Å². The minimum absolute atomic E-state index is 0. The molecular formula is LiN3O9Sr. The van der Waals surface area contributed by atoms with Gasteiger partial charge in [-0.2, -0.15) is 0 Å². The van der Waals surface area contributed by atoms with Crippen molar-refractivity contribution in [2.75, 3.05) is 0 Å². The van der Waals surface area contributed by atoms with Crippen molar-refractivity contribution in [2.24, 2.45) is 0 Å². The van der Waals surface area contributed by atoms with E-state index in [0.717, 1.165) is 0 Å². The third-order valence-corrected chi connectivity index (χ3v) is 0. The fourth-order valence-corrected chi connectivity index (χ4v) is 0. The van der Waals surface area contributed by atoms with Crippen LogP contribution in [0, 0.1) is 46.0 Å². The standard InChI is InChI=1S/Li.3NO3.Sr/c;3*2-1(3)4;/q+1;3*-1;+2. The fourth-order valence-electron chi connectivity index (χ4n) is 0. The van der Waals surface area contributed by atoms with Crippen molar-refractivity contribution < 1.29 is 34.1 Å². The summed E-state index contributed by atoms with van der Waals surface area (Å²) in [5.41, 5.74) is 0. The largest absolute Gasteiger partial charge is 2.00 e. The predicted molar refractivity (Wildman–Crippen MR) is 36.8 cm³/mol. The quantitative estimate of drug-likeness (QED) is 0.240. The zero-order chi connectivity index (χ0) is 10.7. The molecule has 0 aliphatic heterocycles. The second-order valence-corrected chi connectivity index (χ2v) is 0.671. The van der Waals surface area contributed by atoms with Crippen molar-refractivity contribution in [2.45, 2.75) is 0 Å². The van der Waals surface area contributed by atoms with Gasteiger partial charge in [-0.15, -0.1) is 0 Å². The van der Waals surface area contributed by atoms with Gasteiger partial charge in [-0.25, -0.2) is 0 Å². The first-order valence-corrected chi connectivity index (χ1v) is 1.64. The Morgan fingerprint density at radius 1 is 0.571 bits per heavy atom. The van der Waals surface area contributed by atoms with Crippen LogP contribution in [0.2, 0.25) is 0 Å². The molecule has 0 fully saturated rings. The Morgan fingerprint density at radius 2 is 0.571 bits per heavy atom. The summed E-state index contributed by atoms with van der Waals surface area (Å²) in [6.45, 7) is 0. The maximum Gasteiger partial charge on any atom is 2.00 e. The summed E-state index contributed by atoms with van der Waals surface area (Å²) in [6.07, 6.45) is 0. The van der Waals surface area contributed by atoms with Crippen molar-refractivity contribution in [3.05, 3.63) is 46.0 Å². The van der Waals surface area contributed by atoms with Gasteiger partial charge in [0.2, 0.25) is 0 Å². The van der Waals surface area contributed by atoms with Gasteiger partial charge in [-0.05, 0) is 0 Å². The smallest absolute Gasteiger partial charge is 0.356 e. The van der Waals surface area contributed by atoms with E-state index < -0.39 is 15.3 Å². The Balaban J connectivity index is -0.0000000270. The normalized spacial score (nSPS) is 5.14. The van der Waals surface area contributed by atoms with E-state index in [4.69, 9.17) is 46.0 Å². The molecule has 72 valence electrons. The van der Waals surface area contributed by atoms with E-state index in [0.29, 0.717) is 0 Å². The van der Waals surface area contributed by atoms with E-state index in [1.807, 2.05) is 0 Å². The Morgan fingerprint density at radius 3 is 0.571 bits per heavy atom. The van der Waals surface area contributed by atoms with Crippen molar-refractivity contribution in [1.29, 1.82) is 0 Å². The molecule has 0 rings (SSSR count). The molecule has 0 saturated carbocycles. The van der Waals surface area contributed by atoms with Gasteiger partial charge in [-0.3, -0.25) is 0 Å². The molecule has 12 nitrogen and oxygen atoms in total. The molecule has 0 saturated heterocycles. The summed E-state index contributed by atoms with van der Waals surface area (Å²) < 4.78 is 0. The van der Waals surface area contributed by atoms with Crippen LogP contribution in [0.5, 0.6) is 0 Å². The Labute approximate surface area is 124 Å². The Kier molecular flexibility index (Phi) is 47.9. The first-order chi connectivity index (χ1) is 5.20. The number of hydrogen-bond donors (Lipinski definition) is 0. The summed E-state index contributed by atoms with van der Waals surface area (Å²) in [7, 11) is 0. The summed E-state index contributed by atoms with van der Waals surface area (Å²) >= 11 is 0. The second-order valence-electron chi connectivity index (χ2n) is 0.671. The molecule has 0 aromatic rings. The van der Waals surface area contributed by atoms with Crippen LogP contribution in [0.25, 0.3) is 0 Å². The minimum atomic E-state index is -1.75. The van der Waals surface area contributed by atoms with Gasteiger partial charge in [0.25, 0.3) is 0 Å². The van der Waals surface area contributed by atoms with Crippen LogP contribution in [-0.4, -0.2) is 60.7 Å². The molecule has 0 aliphatic carbocycles. The van der Waals surface area contributed by atoms with Gasteiger partial charge in [0.05, 0.1) is 15.3 Å². The van der Waals surface area contributed by atoms with Gasteiger partial charge < -0.3 is 46.0 Å². The minimum Gasteiger partial charge on any atom is -0.356 e. The van der Waals surface area contributed by atoms with Crippen LogP contribution in [0.1, 0.15) is 0 Å². The van der Waals surface area contributed by atoms with Gasteiger partial charge in [0.1, 0.15) is 0 Å². The number of nitrogens with zero attached hydrogens (tertiary/aromatic N) is 3. The molecule has 0 aliphatic rings. The van der Waals surface area contributed by atoms with E-state index in [9.17, 15) is 0 Å². The Bertz CT molecular complexity index is 118. The summed E-state index contributed by atoms with van der Waals surface area (Å²) in [5.74, 6) is 0. The van der Waals surface area contributed by atoms with Crippen molar-refractivity contribution in [1.82, 2.24) is 0 Å². The zero-order valence-corrected chi connectivity index (χ0v) is 10.2. The molecule has 0 heterocycles. The van der Waals surface area contributed by atoms with Gasteiger partial charge in [0, 0.05) is 0 Å². The molecule has 0 bridgehead atoms. The van der Waals surface area contributed by atoms with Crippen LogP contribution < -0.4 is 18.9 Å². The molecule has 0 unspecified atom stereocenters. The molecule has 0 aromatic heterocycles. The third-order valence-electron chi connectivity index (χ3n) is 0. The van der Waals surface area contributed by atoms with Crippen LogP contribution in [0.15, 0.2) is 0 Å². The van der Waals surface area contributed by atoms with Crippen LogP contribution in [0.4, 0.5) is 0 Å². The van der Waals surface area contributed by atoms with E-state index in [1.54, 1.807) is 0 Å². The fraction of sp³-hybridized carbons (Fsp3) is 0. The summed E-state index contributed by atoms with van der Waals surface area (Å²) in [5, 5.41) is 44.2. The van der Waals surface area contributed by atoms with Crippen LogP contribution in [-0.2, 0) is 0 Å². The van der Waals surface area contributed by atoms with Crippen LogP contribution in [0.3, 0.4) is 0 Å². The summed E-state index contributed by atoms with van der Waals surface area (Å²) in [4.78, 5) is 24.8.